The lowest BCUT2D eigenvalue weighted by Gasteiger charge is -2.31. The molecule has 0 heterocycles. The van der Waals surface area contributed by atoms with Gasteiger partial charge < -0.3 is 15.0 Å². The molecule has 0 fully saturated rings. The molecule has 0 spiro atoms. The monoisotopic (exact) mass is 416 g/mol. The Labute approximate surface area is 178 Å². The zero-order chi connectivity index (χ0) is 21.4. The molecule has 0 saturated carbocycles. The van der Waals surface area contributed by atoms with Crippen molar-refractivity contribution in [3.63, 3.8) is 0 Å². The third-order valence-electron chi connectivity index (χ3n) is 4.53. The van der Waals surface area contributed by atoms with E-state index in [1.54, 1.807) is 17.0 Å². The summed E-state index contributed by atoms with van der Waals surface area (Å²) in [5.41, 5.74) is 1.85. The predicted molar refractivity (Wildman–Crippen MR) is 116 cm³/mol. The van der Waals surface area contributed by atoms with E-state index in [2.05, 4.69) is 5.32 Å². The van der Waals surface area contributed by atoms with Crippen LogP contribution < -0.4 is 10.1 Å². The van der Waals surface area contributed by atoms with Crippen LogP contribution in [0, 0.1) is 6.92 Å². The number of rotatable bonds is 9. The van der Waals surface area contributed by atoms with Crippen molar-refractivity contribution in [2.24, 2.45) is 0 Å². The Morgan fingerprint density at radius 2 is 1.76 bits per heavy atom. The number of benzene rings is 2. The van der Waals surface area contributed by atoms with Gasteiger partial charge in [0.1, 0.15) is 11.8 Å². The standard InChI is InChI=1S/C23H29ClN2O3/c1-5-20(23(28)25-16(2)3)26(14-18-10-12-19(24)13-11-18)22(27)15-29-21-9-7-6-8-17(21)4/h6-13,16,20H,5,14-15H2,1-4H3,(H,25,28). The maximum Gasteiger partial charge on any atom is 0.261 e. The Bertz CT molecular complexity index is 821. The Morgan fingerprint density at radius 3 is 2.34 bits per heavy atom. The minimum Gasteiger partial charge on any atom is -0.484 e. The van der Waals surface area contributed by atoms with Gasteiger partial charge in [-0.15, -0.1) is 0 Å². The van der Waals surface area contributed by atoms with Gasteiger partial charge in [-0.05, 0) is 56.5 Å². The van der Waals surface area contributed by atoms with E-state index in [0.29, 0.717) is 23.7 Å². The number of carbonyl (C=O) groups excluding carboxylic acids is 2. The Hall–Kier alpha value is -2.53. The fourth-order valence-corrected chi connectivity index (χ4v) is 3.15. The van der Waals surface area contributed by atoms with Crippen molar-refractivity contribution in [3.05, 3.63) is 64.7 Å². The third kappa shape index (κ3) is 6.79. The topological polar surface area (TPSA) is 58.6 Å². The molecule has 1 atom stereocenters. The molecule has 2 aromatic rings. The summed E-state index contributed by atoms with van der Waals surface area (Å²) in [7, 11) is 0. The largest absolute Gasteiger partial charge is 0.484 e. The summed E-state index contributed by atoms with van der Waals surface area (Å²) in [6, 6.07) is 14.2. The molecule has 2 amide bonds. The van der Waals surface area contributed by atoms with E-state index in [9.17, 15) is 9.59 Å². The molecule has 1 unspecified atom stereocenters. The minimum absolute atomic E-state index is 0.00717. The second-order valence-electron chi connectivity index (χ2n) is 7.29. The molecule has 0 saturated heterocycles. The lowest BCUT2D eigenvalue weighted by molar-refractivity contribution is -0.143. The summed E-state index contributed by atoms with van der Waals surface area (Å²) >= 11 is 5.98. The summed E-state index contributed by atoms with van der Waals surface area (Å²) in [6.45, 7) is 7.79. The molecule has 1 N–H and O–H groups in total. The van der Waals surface area contributed by atoms with E-state index in [0.717, 1.165) is 11.1 Å². The van der Waals surface area contributed by atoms with Crippen LogP contribution in [0.15, 0.2) is 48.5 Å². The van der Waals surface area contributed by atoms with Crippen molar-refractivity contribution in [1.82, 2.24) is 10.2 Å². The molecule has 0 bridgehead atoms. The normalized spacial score (nSPS) is 11.8. The summed E-state index contributed by atoms with van der Waals surface area (Å²) in [4.78, 5) is 27.4. The molecule has 6 heteroatoms. The lowest BCUT2D eigenvalue weighted by atomic mass is 10.1. The van der Waals surface area contributed by atoms with E-state index in [4.69, 9.17) is 16.3 Å². The first kappa shape index (κ1) is 22.8. The van der Waals surface area contributed by atoms with Gasteiger partial charge in [0, 0.05) is 17.6 Å². The number of aryl methyl sites for hydroxylation is 1. The van der Waals surface area contributed by atoms with E-state index in [1.807, 2.05) is 64.1 Å². The highest BCUT2D eigenvalue weighted by Gasteiger charge is 2.29. The van der Waals surface area contributed by atoms with Gasteiger partial charge in [0.25, 0.3) is 5.91 Å². The van der Waals surface area contributed by atoms with Crippen LogP contribution in [-0.2, 0) is 16.1 Å². The summed E-state index contributed by atoms with van der Waals surface area (Å²) in [6.07, 6.45) is 0.502. The Balaban J connectivity index is 2.21. The molecule has 156 valence electrons. The highest BCUT2D eigenvalue weighted by atomic mass is 35.5. The number of nitrogens with one attached hydrogen (secondary N) is 1. The van der Waals surface area contributed by atoms with Gasteiger partial charge in [-0.1, -0.05) is 48.9 Å². The molecule has 0 aliphatic carbocycles. The van der Waals surface area contributed by atoms with Crippen molar-refractivity contribution in [3.8, 4) is 5.75 Å². The zero-order valence-electron chi connectivity index (χ0n) is 17.4. The first-order chi connectivity index (χ1) is 13.8. The molecule has 2 aromatic carbocycles. The van der Waals surface area contributed by atoms with Gasteiger partial charge in [0.05, 0.1) is 0 Å². The number of ether oxygens (including phenoxy) is 1. The average molecular weight is 417 g/mol. The average Bonchev–Trinajstić information content (AvgIpc) is 2.68. The van der Waals surface area contributed by atoms with Crippen LogP contribution >= 0.6 is 11.6 Å². The zero-order valence-corrected chi connectivity index (χ0v) is 18.2. The third-order valence-corrected chi connectivity index (χ3v) is 4.78. The number of amides is 2. The maximum atomic E-state index is 13.1. The Morgan fingerprint density at radius 1 is 1.10 bits per heavy atom. The van der Waals surface area contributed by atoms with Gasteiger partial charge in [-0.25, -0.2) is 0 Å². The number of halogens is 1. The fourth-order valence-electron chi connectivity index (χ4n) is 3.03. The first-order valence-electron chi connectivity index (χ1n) is 9.84. The molecule has 29 heavy (non-hydrogen) atoms. The molecule has 0 radical (unpaired) electrons. The molecular formula is C23H29ClN2O3. The van der Waals surface area contributed by atoms with Crippen LogP contribution in [-0.4, -0.2) is 35.4 Å². The van der Waals surface area contributed by atoms with Gasteiger partial charge in [-0.3, -0.25) is 9.59 Å². The van der Waals surface area contributed by atoms with Crippen molar-refractivity contribution in [1.29, 1.82) is 0 Å². The van der Waals surface area contributed by atoms with Crippen molar-refractivity contribution in [2.75, 3.05) is 6.61 Å². The number of hydrogen-bond donors (Lipinski definition) is 1. The molecule has 0 aromatic heterocycles. The Kier molecular flexibility index (Phi) is 8.52. The number of para-hydroxylation sites is 1. The van der Waals surface area contributed by atoms with Crippen molar-refractivity contribution in [2.45, 2.75) is 52.7 Å². The highest BCUT2D eigenvalue weighted by Crippen LogP contribution is 2.18. The van der Waals surface area contributed by atoms with Crippen LogP contribution in [0.25, 0.3) is 0 Å². The number of hydrogen-bond acceptors (Lipinski definition) is 3. The van der Waals surface area contributed by atoms with Crippen molar-refractivity contribution < 1.29 is 14.3 Å². The molecular weight excluding hydrogens is 388 g/mol. The summed E-state index contributed by atoms with van der Waals surface area (Å²) in [5, 5.41) is 3.54. The molecule has 5 nitrogen and oxygen atoms in total. The van der Waals surface area contributed by atoms with Crippen LogP contribution in [0.2, 0.25) is 5.02 Å². The van der Waals surface area contributed by atoms with Gasteiger partial charge in [0.2, 0.25) is 5.91 Å². The SMILES string of the molecule is CCC(C(=O)NC(C)C)N(Cc1ccc(Cl)cc1)C(=O)COc1ccccc1C. The molecule has 2 rings (SSSR count). The minimum atomic E-state index is -0.582. The smallest absolute Gasteiger partial charge is 0.261 e. The fraction of sp³-hybridized carbons (Fsp3) is 0.391. The second-order valence-corrected chi connectivity index (χ2v) is 7.73. The van der Waals surface area contributed by atoms with Crippen molar-refractivity contribution >= 4 is 23.4 Å². The quantitative estimate of drug-likeness (QED) is 0.660. The van der Waals surface area contributed by atoms with Gasteiger partial charge in [-0.2, -0.15) is 0 Å². The molecule has 0 aliphatic rings. The second kappa shape index (κ2) is 10.9. The number of carbonyl (C=O) groups is 2. The maximum absolute atomic E-state index is 13.1. The van der Waals surface area contributed by atoms with Gasteiger partial charge in [0.15, 0.2) is 6.61 Å². The number of nitrogens with zero attached hydrogens (tertiary/aromatic N) is 1. The summed E-state index contributed by atoms with van der Waals surface area (Å²) < 4.78 is 5.75. The van der Waals surface area contributed by atoms with Gasteiger partial charge >= 0.3 is 0 Å². The lowest BCUT2D eigenvalue weighted by Crippen LogP contribution is -2.51. The summed E-state index contributed by atoms with van der Waals surface area (Å²) in [5.74, 6) is 0.252. The van der Waals surface area contributed by atoms with E-state index >= 15 is 0 Å². The van der Waals surface area contributed by atoms with E-state index in [1.165, 1.54) is 0 Å². The highest BCUT2D eigenvalue weighted by molar-refractivity contribution is 6.30. The van der Waals surface area contributed by atoms with Crippen LogP contribution in [0.4, 0.5) is 0 Å². The first-order valence-corrected chi connectivity index (χ1v) is 10.2. The van der Waals surface area contributed by atoms with Crippen LogP contribution in [0.3, 0.4) is 0 Å². The molecule has 0 aliphatic heterocycles. The predicted octanol–water partition coefficient (Wildman–Crippen LogP) is 4.36. The van der Waals surface area contributed by atoms with Crippen LogP contribution in [0.5, 0.6) is 5.75 Å². The van der Waals surface area contributed by atoms with E-state index < -0.39 is 6.04 Å². The van der Waals surface area contributed by atoms with E-state index in [-0.39, 0.29) is 24.5 Å². The van der Waals surface area contributed by atoms with Crippen LogP contribution in [0.1, 0.15) is 38.3 Å².